The van der Waals surface area contributed by atoms with Gasteiger partial charge in [0, 0.05) is 25.1 Å². The summed E-state index contributed by atoms with van der Waals surface area (Å²) < 4.78 is 0. The fourth-order valence-electron chi connectivity index (χ4n) is 1.68. The molecular weight excluding hydrogens is 326 g/mol. The number of amides is 4. The van der Waals surface area contributed by atoms with Crippen LogP contribution in [0.25, 0.3) is 0 Å². The zero-order valence-corrected chi connectivity index (χ0v) is 15.4. The Morgan fingerprint density at radius 1 is 1.00 bits per heavy atom. The molecule has 0 saturated heterocycles. The first-order chi connectivity index (χ1) is 11.6. The summed E-state index contributed by atoms with van der Waals surface area (Å²) in [5.74, 6) is -2.06. The number of carbonyl (C=O) groups is 5. The van der Waals surface area contributed by atoms with Gasteiger partial charge in [0.05, 0.1) is 6.04 Å². The van der Waals surface area contributed by atoms with Crippen LogP contribution < -0.4 is 10.6 Å². The zero-order chi connectivity index (χ0) is 19.6. The smallest absolute Gasteiger partial charge is 0.253 e. The Labute approximate surface area is 148 Å². The molecule has 8 nitrogen and oxygen atoms in total. The lowest BCUT2D eigenvalue weighted by Crippen LogP contribution is -2.49. The fraction of sp³-hybridized carbons (Fsp3) is 0.588. The largest absolute Gasteiger partial charge is 0.345 e. The van der Waals surface area contributed by atoms with E-state index in [4.69, 9.17) is 0 Å². The number of rotatable bonds is 7. The van der Waals surface area contributed by atoms with Crippen LogP contribution in [-0.4, -0.2) is 52.9 Å². The number of hydrogen-bond donors (Lipinski definition) is 2. The van der Waals surface area contributed by atoms with Gasteiger partial charge in [-0.1, -0.05) is 20.3 Å². The highest BCUT2D eigenvalue weighted by molar-refractivity contribution is 6.13. The molecule has 2 atom stereocenters. The SMILES string of the molecule is CC(=O)[C@H](C)NC(=O)C(C)NC(=O)CCN1C(=O)C=CC1=O.CCC. The summed E-state index contributed by atoms with van der Waals surface area (Å²) in [6.45, 7) is 8.58. The highest BCUT2D eigenvalue weighted by atomic mass is 16.2. The molecule has 0 aromatic heterocycles. The molecule has 140 valence electrons. The minimum atomic E-state index is -0.822. The molecule has 0 aromatic carbocycles. The Morgan fingerprint density at radius 3 is 1.92 bits per heavy atom. The maximum atomic E-state index is 11.8. The molecule has 8 heteroatoms. The van der Waals surface area contributed by atoms with Crippen molar-refractivity contribution in [3.63, 3.8) is 0 Å². The summed E-state index contributed by atoms with van der Waals surface area (Å²) in [5.41, 5.74) is 0. The van der Waals surface area contributed by atoms with Crippen LogP contribution >= 0.6 is 0 Å². The van der Waals surface area contributed by atoms with Gasteiger partial charge in [-0.15, -0.1) is 0 Å². The van der Waals surface area contributed by atoms with Gasteiger partial charge in [0.1, 0.15) is 6.04 Å². The van der Waals surface area contributed by atoms with Crippen LogP contribution in [0.2, 0.25) is 0 Å². The van der Waals surface area contributed by atoms with Crippen molar-refractivity contribution in [2.75, 3.05) is 6.54 Å². The molecule has 1 unspecified atom stereocenters. The van der Waals surface area contributed by atoms with Crippen molar-refractivity contribution in [1.29, 1.82) is 0 Å². The lowest BCUT2D eigenvalue weighted by atomic mass is 10.2. The van der Waals surface area contributed by atoms with E-state index in [1.54, 1.807) is 6.92 Å². The van der Waals surface area contributed by atoms with E-state index in [1.165, 1.54) is 20.3 Å². The van der Waals surface area contributed by atoms with Gasteiger partial charge in [0.25, 0.3) is 11.8 Å². The van der Waals surface area contributed by atoms with Crippen molar-refractivity contribution >= 4 is 29.4 Å². The predicted molar refractivity (Wildman–Crippen MR) is 92.3 cm³/mol. The molecule has 0 radical (unpaired) electrons. The molecule has 0 bridgehead atoms. The van der Waals surface area contributed by atoms with Crippen molar-refractivity contribution in [3.05, 3.63) is 12.2 Å². The number of hydrogen-bond acceptors (Lipinski definition) is 5. The summed E-state index contributed by atoms with van der Waals surface area (Å²) in [5, 5.41) is 4.91. The Morgan fingerprint density at radius 2 is 1.48 bits per heavy atom. The van der Waals surface area contributed by atoms with Gasteiger partial charge < -0.3 is 10.6 Å². The van der Waals surface area contributed by atoms with Crippen LogP contribution in [0.5, 0.6) is 0 Å². The average molecular weight is 353 g/mol. The number of ketones is 1. The summed E-state index contributed by atoms with van der Waals surface area (Å²) in [7, 11) is 0. The normalized spacial score (nSPS) is 15.2. The van der Waals surface area contributed by atoms with Crippen molar-refractivity contribution in [2.45, 2.75) is 59.5 Å². The van der Waals surface area contributed by atoms with E-state index >= 15 is 0 Å². The molecule has 4 amide bonds. The lowest BCUT2D eigenvalue weighted by molar-refractivity contribution is -0.137. The maximum absolute atomic E-state index is 11.8. The van der Waals surface area contributed by atoms with Gasteiger partial charge in [-0.25, -0.2) is 0 Å². The molecule has 0 aromatic rings. The van der Waals surface area contributed by atoms with Gasteiger partial charge >= 0.3 is 0 Å². The molecule has 0 aliphatic carbocycles. The zero-order valence-electron chi connectivity index (χ0n) is 15.4. The molecule has 0 saturated carbocycles. The van der Waals surface area contributed by atoms with E-state index in [0.29, 0.717) is 0 Å². The molecular formula is C17H27N3O5. The van der Waals surface area contributed by atoms with E-state index in [-0.39, 0.29) is 18.7 Å². The molecule has 0 fully saturated rings. The first kappa shape index (κ1) is 22.5. The molecule has 2 N–H and O–H groups in total. The second-order valence-corrected chi connectivity index (χ2v) is 5.75. The van der Waals surface area contributed by atoms with Crippen LogP contribution in [0.3, 0.4) is 0 Å². The third-order valence-corrected chi connectivity index (χ3v) is 3.20. The average Bonchev–Trinajstić information content (AvgIpc) is 2.84. The van der Waals surface area contributed by atoms with E-state index in [9.17, 15) is 24.0 Å². The van der Waals surface area contributed by atoms with E-state index in [1.807, 2.05) is 0 Å². The third-order valence-electron chi connectivity index (χ3n) is 3.20. The van der Waals surface area contributed by atoms with Crippen molar-refractivity contribution in [1.82, 2.24) is 15.5 Å². The van der Waals surface area contributed by atoms with E-state index < -0.39 is 35.7 Å². The first-order valence-electron chi connectivity index (χ1n) is 8.27. The van der Waals surface area contributed by atoms with Crippen molar-refractivity contribution in [2.24, 2.45) is 0 Å². The van der Waals surface area contributed by atoms with Crippen LogP contribution in [0, 0.1) is 0 Å². The van der Waals surface area contributed by atoms with Crippen LogP contribution in [0.4, 0.5) is 0 Å². The number of imide groups is 1. The molecule has 1 rings (SSSR count). The molecule has 1 aliphatic rings. The molecule has 0 spiro atoms. The van der Waals surface area contributed by atoms with Crippen molar-refractivity contribution < 1.29 is 24.0 Å². The van der Waals surface area contributed by atoms with E-state index in [0.717, 1.165) is 17.1 Å². The Kier molecular flexibility index (Phi) is 10.00. The second kappa shape index (κ2) is 11.1. The highest BCUT2D eigenvalue weighted by Gasteiger charge is 2.24. The first-order valence-corrected chi connectivity index (χ1v) is 8.27. The highest BCUT2D eigenvalue weighted by Crippen LogP contribution is 2.04. The quantitative estimate of drug-likeness (QED) is 0.640. The number of carbonyl (C=O) groups excluding carboxylic acids is 5. The van der Waals surface area contributed by atoms with Crippen LogP contribution in [0.1, 0.15) is 47.5 Å². The number of nitrogens with one attached hydrogen (secondary N) is 2. The Hall–Kier alpha value is -2.51. The third kappa shape index (κ3) is 8.23. The monoisotopic (exact) mass is 353 g/mol. The topological polar surface area (TPSA) is 113 Å². The van der Waals surface area contributed by atoms with Gasteiger partial charge in [0.2, 0.25) is 11.8 Å². The minimum Gasteiger partial charge on any atom is -0.345 e. The second-order valence-electron chi connectivity index (χ2n) is 5.75. The Bertz CT molecular complexity index is 538. The molecule has 25 heavy (non-hydrogen) atoms. The number of nitrogens with zero attached hydrogens (tertiary/aromatic N) is 1. The lowest BCUT2D eigenvalue weighted by Gasteiger charge is -2.18. The fourth-order valence-corrected chi connectivity index (χ4v) is 1.68. The summed E-state index contributed by atoms with van der Waals surface area (Å²) in [4.78, 5) is 58.1. The van der Waals surface area contributed by atoms with Gasteiger partial charge in [-0.05, 0) is 20.8 Å². The molecule has 1 aliphatic heterocycles. The van der Waals surface area contributed by atoms with E-state index in [2.05, 4.69) is 24.5 Å². The summed E-state index contributed by atoms with van der Waals surface area (Å²) in [6.07, 6.45) is 3.43. The Balaban J connectivity index is 0.00000178. The molecule has 1 heterocycles. The standard InChI is InChI=1S/C14H19N3O5.C3H8/c1-8(10(3)18)16-14(22)9(2)15-11(19)6-7-17-12(20)4-5-13(17)21;1-3-2/h4-5,8-9H,6-7H2,1-3H3,(H,15,19)(H,16,22);3H2,1-2H3/t8-,9?;/m0./s1. The summed E-state index contributed by atoms with van der Waals surface area (Å²) in [6, 6.07) is -1.45. The van der Waals surface area contributed by atoms with Gasteiger partial charge in [-0.3, -0.25) is 28.9 Å². The number of Topliss-reactive ketones (excluding diaryl/α,β-unsaturated/α-hetero) is 1. The van der Waals surface area contributed by atoms with Gasteiger partial charge in [0.15, 0.2) is 5.78 Å². The minimum absolute atomic E-state index is 0.0469. The van der Waals surface area contributed by atoms with Gasteiger partial charge in [-0.2, -0.15) is 0 Å². The summed E-state index contributed by atoms with van der Waals surface area (Å²) >= 11 is 0. The van der Waals surface area contributed by atoms with Crippen molar-refractivity contribution in [3.8, 4) is 0 Å². The van der Waals surface area contributed by atoms with Crippen LogP contribution in [0.15, 0.2) is 12.2 Å². The van der Waals surface area contributed by atoms with Crippen LogP contribution in [-0.2, 0) is 24.0 Å². The maximum Gasteiger partial charge on any atom is 0.253 e. The predicted octanol–water partition coefficient (Wildman–Crippen LogP) is 0.316.